The van der Waals surface area contributed by atoms with Crippen LogP contribution >= 0.6 is 11.3 Å². The Balaban J connectivity index is 1.68. The summed E-state index contributed by atoms with van der Waals surface area (Å²) in [5, 5.41) is 6.61. The fraction of sp³-hybridized carbons (Fsp3) is 0.500. The highest BCUT2D eigenvalue weighted by atomic mass is 32.1. The van der Waals surface area contributed by atoms with E-state index in [0.29, 0.717) is 13.2 Å². The summed E-state index contributed by atoms with van der Waals surface area (Å²) in [4.78, 5) is 8.85. The third-order valence-electron chi connectivity index (χ3n) is 2.85. The van der Waals surface area contributed by atoms with Gasteiger partial charge in [-0.1, -0.05) is 6.07 Å². The lowest BCUT2D eigenvalue weighted by Crippen LogP contribution is -2.35. The number of ether oxygens (including phenoxy) is 1. The maximum absolute atomic E-state index is 5.67. The van der Waals surface area contributed by atoms with Crippen molar-refractivity contribution in [2.45, 2.75) is 45.9 Å². The molecule has 0 unspecified atom stereocenters. The second-order valence-corrected chi connectivity index (χ2v) is 6.90. The van der Waals surface area contributed by atoms with Crippen molar-refractivity contribution < 1.29 is 4.74 Å². The molecule has 2 aromatic heterocycles. The van der Waals surface area contributed by atoms with Gasteiger partial charge in [0.15, 0.2) is 0 Å². The zero-order valence-electron chi connectivity index (χ0n) is 12.9. The zero-order chi connectivity index (χ0) is 15.1. The van der Waals surface area contributed by atoms with Crippen LogP contribution in [0.1, 0.15) is 37.2 Å². The molecule has 0 bridgehead atoms. The fourth-order valence-electron chi connectivity index (χ4n) is 1.74. The quantitative estimate of drug-likeness (QED) is 0.798. The number of hydrogen-bond acceptors (Lipinski definition) is 5. The number of nitrogens with one attached hydrogen (secondary N) is 1. The highest BCUT2D eigenvalue weighted by molar-refractivity contribution is 7.09. The van der Waals surface area contributed by atoms with Crippen LogP contribution in [0.25, 0.3) is 0 Å². The van der Waals surface area contributed by atoms with Crippen molar-refractivity contribution in [1.29, 1.82) is 0 Å². The van der Waals surface area contributed by atoms with E-state index in [9.17, 15) is 0 Å². The molecule has 0 spiro atoms. The van der Waals surface area contributed by atoms with Gasteiger partial charge in [0.2, 0.25) is 0 Å². The standard InChI is InChI=1S/C16H23N3OS/c1-16(2,3)18-10-15-19-14(12-21-15)11-20-9-7-13-6-4-5-8-17-13/h4-6,8,12,18H,7,9-11H2,1-3H3. The molecule has 21 heavy (non-hydrogen) atoms. The van der Waals surface area contributed by atoms with Crippen LogP contribution in [0.15, 0.2) is 29.8 Å². The molecule has 2 heterocycles. The topological polar surface area (TPSA) is 47.0 Å². The largest absolute Gasteiger partial charge is 0.375 e. The Hall–Kier alpha value is -1.30. The van der Waals surface area contributed by atoms with Gasteiger partial charge >= 0.3 is 0 Å². The molecule has 0 radical (unpaired) electrons. The third kappa shape index (κ3) is 6.33. The number of hydrogen-bond donors (Lipinski definition) is 1. The predicted molar refractivity (Wildman–Crippen MR) is 86.3 cm³/mol. The molecule has 4 nitrogen and oxygen atoms in total. The molecule has 0 aliphatic carbocycles. The minimum Gasteiger partial charge on any atom is -0.375 e. The Morgan fingerprint density at radius 3 is 2.81 bits per heavy atom. The minimum atomic E-state index is 0.116. The first kappa shape index (κ1) is 16.1. The Labute approximate surface area is 130 Å². The van der Waals surface area contributed by atoms with Crippen LogP contribution in [0.2, 0.25) is 0 Å². The van der Waals surface area contributed by atoms with Gasteiger partial charge in [-0.3, -0.25) is 4.98 Å². The molecule has 5 heteroatoms. The van der Waals surface area contributed by atoms with Crippen molar-refractivity contribution in [2.75, 3.05) is 6.61 Å². The van der Waals surface area contributed by atoms with Crippen molar-refractivity contribution in [1.82, 2.24) is 15.3 Å². The van der Waals surface area contributed by atoms with E-state index < -0.39 is 0 Å². The van der Waals surface area contributed by atoms with Gasteiger partial charge in [-0.05, 0) is 32.9 Å². The molecule has 0 aromatic carbocycles. The monoisotopic (exact) mass is 305 g/mol. The molecule has 1 N–H and O–H groups in total. The summed E-state index contributed by atoms with van der Waals surface area (Å²) >= 11 is 1.68. The van der Waals surface area contributed by atoms with Crippen molar-refractivity contribution in [3.8, 4) is 0 Å². The van der Waals surface area contributed by atoms with E-state index in [4.69, 9.17) is 4.74 Å². The van der Waals surface area contributed by atoms with Crippen LogP contribution in [0.5, 0.6) is 0 Å². The first-order chi connectivity index (χ1) is 10.0. The average molecular weight is 305 g/mol. The van der Waals surface area contributed by atoms with Gasteiger partial charge in [0.05, 0.1) is 18.9 Å². The van der Waals surface area contributed by atoms with Gasteiger partial charge in [-0.2, -0.15) is 0 Å². The highest BCUT2D eigenvalue weighted by Crippen LogP contribution is 2.12. The summed E-state index contributed by atoms with van der Waals surface area (Å²) < 4.78 is 5.67. The molecular formula is C16H23N3OS. The molecule has 0 atom stereocenters. The Morgan fingerprint density at radius 1 is 1.24 bits per heavy atom. The lowest BCUT2D eigenvalue weighted by atomic mass is 10.1. The van der Waals surface area contributed by atoms with Crippen LogP contribution in [-0.4, -0.2) is 22.1 Å². The lowest BCUT2D eigenvalue weighted by molar-refractivity contribution is 0.121. The maximum Gasteiger partial charge on any atom is 0.107 e. The van der Waals surface area contributed by atoms with Crippen molar-refractivity contribution in [3.05, 3.63) is 46.2 Å². The normalized spacial score (nSPS) is 11.8. The van der Waals surface area contributed by atoms with Crippen LogP contribution in [0.3, 0.4) is 0 Å². The number of pyridine rings is 1. The molecule has 0 saturated heterocycles. The second-order valence-electron chi connectivity index (χ2n) is 5.96. The molecular weight excluding hydrogens is 282 g/mol. The Kier molecular flexibility index (Phi) is 5.85. The SMILES string of the molecule is CC(C)(C)NCc1nc(COCCc2ccccn2)cs1. The predicted octanol–water partition coefficient (Wildman–Crippen LogP) is 3.19. The minimum absolute atomic E-state index is 0.116. The summed E-state index contributed by atoms with van der Waals surface area (Å²) in [6.07, 6.45) is 2.65. The van der Waals surface area contributed by atoms with Crippen molar-refractivity contribution in [3.63, 3.8) is 0 Å². The smallest absolute Gasteiger partial charge is 0.107 e. The van der Waals surface area contributed by atoms with Gasteiger partial charge in [-0.15, -0.1) is 11.3 Å². The highest BCUT2D eigenvalue weighted by Gasteiger charge is 2.10. The number of nitrogens with zero attached hydrogens (tertiary/aromatic N) is 2. The van der Waals surface area contributed by atoms with Crippen molar-refractivity contribution >= 4 is 11.3 Å². The summed E-state index contributed by atoms with van der Waals surface area (Å²) in [5.41, 5.74) is 2.18. The molecule has 2 rings (SSSR count). The summed E-state index contributed by atoms with van der Waals surface area (Å²) in [7, 11) is 0. The third-order valence-corrected chi connectivity index (χ3v) is 3.75. The molecule has 0 fully saturated rings. The zero-order valence-corrected chi connectivity index (χ0v) is 13.7. The molecule has 114 valence electrons. The van der Waals surface area contributed by atoms with E-state index in [1.54, 1.807) is 11.3 Å². The first-order valence-electron chi connectivity index (χ1n) is 7.19. The fourth-order valence-corrected chi connectivity index (χ4v) is 2.45. The van der Waals surface area contributed by atoms with E-state index >= 15 is 0 Å². The first-order valence-corrected chi connectivity index (χ1v) is 8.07. The molecule has 0 aliphatic rings. The van der Waals surface area contributed by atoms with Gasteiger partial charge in [0.25, 0.3) is 0 Å². The Morgan fingerprint density at radius 2 is 2.10 bits per heavy atom. The molecule has 0 saturated carbocycles. The maximum atomic E-state index is 5.67. The molecule has 0 amide bonds. The van der Waals surface area contributed by atoms with Crippen LogP contribution in [0.4, 0.5) is 0 Å². The van der Waals surface area contributed by atoms with E-state index in [1.807, 2.05) is 24.4 Å². The summed E-state index contributed by atoms with van der Waals surface area (Å²) in [6.45, 7) is 8.51. The summed E-state index contributed by atoms with van der Waals surface area (Å²) in [6, 6.07) is 5.94. The number of aromatic nitrogens is 2. The summed E-state index contributed by atoms with van der Waals surface area (Å²) in [5.74, 6) is 0. The van der Waals surface area contributed by atoms with Crippen molar-refractivity contribution in [2.24, 2.45) is 0 Å². The van der Waals surface area contributed by atoms with Gasteiger partial charge in [0.1, 0.15) is 5.01 Å². The van der Waals surface area contributed by atoms with Gasteiger partial charge in [-0.25, -0.2) is 4.98 Å². The molecule has 0 aliphatic heterocycles. The number of rotatable bonds is 7. The average Bonchev–Trinajstić information content (AvgIpc) is 2.90. The second kappa shape index (κ2) is 7.64. The van der Waals surface area contributed by atoms with Crippen LogP contribution < -0.4 is 5.32 Å². The Bertz CT molecular complexity index is 534. The molecule has 2 aromatic rings. The van der Waals surface area contributed by atoms with Crippen LogP contribution in [0, 0.1) is 0 Å². The lowest BCUT2D eigenvalue weighted by Gasteiger charge is -2.19. The van der Waals surface area contributed by atoms with E-state index in [2.05, 4.69) is 41.4 Å². The van der Waals surface area contributed by atoms with Gasteiger partial charge < -0.3 is 10.1 Å². The van der Waals surface area contributed by atoms with Gasteiger partial charge in [0, 0.05) is 35.8 Å². The van der Waals surface area contributed by atoms with Crippen LogP contribution in [-0.2, 0) is 24.3 Å². The van der Waals surface area contributed by atoms with E-state index in [-0.39, 0.29) is 5.54 Å². The number of thiazole rings is 1. The van der Waals surface area contributed by atoms with E-state index in [1.165, 1.54) is 0 Å². The van der Waals surface area contributed by atoms with E-state index in [0.717, 1.165) is 29.4 Å².